The molecule has 1 aliphatic heterocycles. The normalized spacial score (nSPS) is 22.6. The van der Waals surface area contributed by atoms with Gasteiger partial charge in [-0.25, -0.2) is 0 Å². The first-order chi connectivity index (χ1) is 9.28. The fourth-order valence-corrected chi connectivity index (χ4v) is 2.22. The minimum atomic E-state index is -0.355. The highest BCUT2D eigenvalue weighted by atomic mass is 16.5. The number of hydrogen-bond acceptors (Lipinski definition) is 6. The van der Waals surface area contributed by atoms with E-state index in [4.69, 9.17) is 9.26 Å². The monoisotopic (exact) mass is 261 g/mol. The minimum absolute atomic E-state index is 0.0778. The van der Waals surface area contributed by atoms with Crippen molar-refractivity contribution in [1.82, 2.24) is 15.5 Å². The third-order valence-electron chi connectivity index (χ3n) is 3.20. The average molecular weight is 261 g/mol. The van der Waals surface area contributed by atoms with E-state index in [2.05, 4.69) is 15.5 Å². The van der Waals surface area contributed by atoms with Crippen molar-refractivity contribution in [2.75, 3.05) is 13.7 Å². The highest BCUT2D eigenvalue weighted by Gasteiger charge is 2.28. The lowest BCUT2D eigenvalue weighted by Crippen LogP contribution is -2.15. The summed E-state index contributed by atoms with van der Waals surface area (Å²) < 4.78 is 10.5. The minimum Gasteiger partial charge on any atom is -0.496 e. The Bertz CT molecular complexity index is 570. The van der Waals surface area contributed by atoms with Crippen molar-refractivity contribution in [3.8, 4) is 17.1 Å². The number of aliphatic hydroxyl groups excluding tert-OH is 1. The van der Waals surface area contributed by atoms with Gasteiger partial charge < -0.3 is 19.7 Å². The number of aromatic nitrogens is 2. The topological polar surface area (TPSA) is 80.4 Å². The van der Waals surface area contributed by atoms with E-state index in [1.807, 2.05) is 24.3 Å². The zero-order valence-corrected chi connectivity index (χ0v) is 10.5. The van der Waals surface area contributed by atoms with E-state index in [0.29, 0.717) is 30.4 Å². The number of nitrogens with zero attached hydrogens (tertiary/aromatic N) is 2. The predicted molar refractivity (Wildman–Crippen MR) is 67.7 cm³/mol. The molecule has 1 saturated heterocycles. The summed E-state index contributed by atoms with van der Waals surface area (Å²) in [6.45, 7) is 0.553. The molecule has 0 amide bonds. The highest BCUT2D eigenvalue weighted by Crippen LogP contribution is 2.29. The molecule has 0 spiro atoms. The molecule has 6 nitrogen and oxygen atoms in total. The summed E-state index contributed by atoms with van der Waals surface area (Å²) in [6.07, 6.45) is 0.236. The molecule has 1 aromatic carbocycles. The summed E-state index contributed by atoms with van der Waals surface area (Å²) in [5.41, 5.74) is 0.790. The Morgan fingerprint density at radius 2 is 2.26 bits per heavy atom. The van der Waals surface area contributed by atoms with Crippen LogP contribution >= 0.6 is 0 Å². The molecular formula is C13H15N3O3. The molecule has 2 N–H and O–H groups in total. The van der Waals surface area contributed by atoms with Gasteiger partial charge in [0.15, 0.2) is 0 Å². The van der Waals surface area contributed by atoms with Crippen LogP contribution in [0.25, 0.3) is 11.4 Å². The van der Waals surface area contributed by atoms with E-state index in [1.54, 1.807) is 7.11 Å². The van der Waals surface area contributed by atoms with Gasteiger partial charge in [-0.05, 0) is 18.6 Å². The summed E-state index contributed by atoms with van der Waals surface area (Å²) in [5.74, 6) is 1.70. The Kier molecular flexibility index (Phi) is 3.18. The standard InChI is InChI=1S/C13H15N3O3/c1-18-11-5-3-2-4-9(11)12-15-13(19-16-12)10-6-8(17)7-14-10/h2-5,8,10,14,17H,6-7H2,1H3/t8-,10-/m0/s1. The zero-order valence-electron chi connectivity index (χ0n) is 10.5. The molecule has 0 saturated carbocycles. The van der Waals surface area contributed by atoms with E-state index in [9.17, 15) is 5.11 Å². The van der Waals surface area contributed by atoms with Gasteiger partial charge in [-0.15, -0.1) is 0 Å². The van der Waals surface area contributed by atoms with E-state index < -0.39 is 0 Å². The average Bonchev–Trinajstić information content (AvgIpc) is 3.07. The van der Waals surface area contributed by atoms with Crippen molar-refractivity contribution < 1.29 is 14.4 Å². The van der Waals surface area contributed by atoms with E-state index in [1.165, 1.54) is 0 Å². The first-order valence-electron chi connectivity index (χ1n) is 6.16. The SMILES string of the molecule is COc1ccccc1-c1noc([C@@H]2C[C@H](O)CN2)n1. The maximum Gasteiger partial charge on any atom is 0.244 e. The van der Waals surface area contributed by atoms with Crippen LogP contribution in [-0.4, -0.2) is 35.0 Å². The van der Waals surface area contributed by atoms with Gasteiger partial charge in [-0.2, -0.15) is 4.98 Å². The molecule has 2 aromatic rings. The van der Waals surface area contributed by atoms with Crippen molar-refractivity contribution >= 4 is 0 Å². The molecule has 0 aliphatic carbocycles. The Balaban J connectivity index is 1.88. The highest BCUT2D eigenvalue weighted by molar-refractivity contribution is 5.63. The maximum atomic E-state index is 9.49. The summed E-state index contributed by atoms with van der Waals surface area (Å²) >= 11 is 0. The number of hydrogen-bond donors (Lipinski definition) is 2. The molecule has 3 rings (SSSR count). The number of para-hydroxylation sites is 1. The lowest BCUT2D eigenvalue weighted by molar-refractivity contribution is 0.191. The van der Waals surface area contributed by atoms with Gasteiger partial charge in [0.2, 0.25) is 11.7 Å². The second kappa shape index (κ2) is 4.99. The van der Waals surface area contributed by atoms with Crippen LogP contribution in [-0.2, 0) is 0 Å². The largest absolute Gasteiger partial charge is 0.496 e. The number of aliphatic hydroxyl groups is 1. The van der Waals surface area contributed by atoms with Crippen molar-refractivity contribution in [2.45, 2.75) is 18.6 Å². The summed E-state index contributed by atoms with van der Waals surface area (Å²) in [6, 6.07) is 7.43. The number of methoxy groups -OCH3 is 1. The Morgan fingerprint density at radius 3 is 3.00 bits per heavy atom. The van der Waals surface area contributed by atoms with E-state index in [-0.39, 0.29) is 12.1 Å². The van der Waals surface area contributed by atoms with Gasteiger partial charge in [-0.3, -0.25) is 0 Å². The molecular weight excluding hydrogens is 246 g/mol. The predicted octanol–water partition coefficient (Wildman–Crippen LogP) is 1.14. The quantitative estimate of drug-likeness (QED) is 0.862. The zero-order chi connectivity index (χ0) is 13.2. The van der Waals surface area contributed by atoms with Crippen molar-refractivity contribution in [3.63, 3.8) is 0 Å². The van der Waals surface area contributed by atoms with Crippen LogP contribution in [0.4, 0.5) is 0 Å². The van der Waals surface area contributed by atoms with Gasteiger partial charge in [-0.1, -0.05) is 17.3 Å². The van der Waals surface area contributed by atoms with Gasteiger partial charge in [0.05, 0.1) is 24.8 Å². The van der Waals surface area contributed by atoms with Crippen LogP contribution in [0.5, 0.6) is 5.75 Å². The third-order valence-corrected chi connectivity index (χ3v) is 3.20. The molecule has 6 heteroatoms. The molecule has 19 heavy (non-hydrogen) atoms. The fraction of sp³-hybridized carbons (Fsp3) is 0.385. The number of ether oxygens (including phenoxy) is 1. The van der Waals surface area contributed by atoms with Crippen LogP contribution in [0, 0.1) is 0 Å². The van der Waals surface area contributed by atoms with Gasteiger partial charge in [0.25, 0.3) is 0 Å². The molecule has 0 unspecified atom stereocenters. The van der Waals surface area contributed by atoms with Crippen molar-refractivity contribution in [3.05, 3.63) is 30.2 Å². The van der Waals surface area contributed by atoms with Gasteiger partial charge in [0, 0.05) is 6.54 Å². The molecule has 100 valence electrons. The molecule has 2 heterocycles. The fourth-order valence-electron chi connectivity index (χ4n) is 2.22. The maximum absolute atomic E-state index is 9.49. The lowest BCUT2D eigenvalue weighted by Gasteiger charge is -2.03. The second-order valence-electron chi connectivity index (χ2n) is 4.51. The van der Waals surface area contributed by atoms with Crippen LogP contribution in [0.1, 0.15) is 18.4 Å². The van der Waals surface area contributed by atoms with Crippen LogP contribution < -0.4 is 10.1 Å². The van der Waals surface area contributed by atoms with E-state index in [0.717, 1.165) is 5.56 Å². The first kappa shape index (κ1) is 12.1. The number of β-amino-alcohol motifs (C(OH)–C–C–N with tert-alkyl or cyclic N) is 1. The van der Waals surface area contributed by atoms with Gasteiger partial charge >= 0.3 is 0 Å². The third kappa shape index (κ3) is 2.32. The molecule has 0 radical (unpaired) electrons. The summed E-state index contributed by atoms with van der Waals surface area (Å²) in [5, 5.41) is 16.6. The lowest BCUT2D eigenvalue weighted by atomic mass is 10.2. The molecule has 1 aromatic heterocycles. The van der Waals surface area contributed by atoms with Gasteiger partial charge in [0.1, 0.15) is 5.75 Å². The molecule has 1 aliphatic rings. The van der Waals surface area contributed by atoms with Crippen LogP contribution in [0.2, 0.25) is 0 Å². The molecule has 2 atom stereocenters. The Hall–Kier alpha value is -1.92. The smallest absolute Gasteiger partial charge is 0.244 e. The summed E-state index contributed by atoms with van der Waals surface area (Å²) in [7, 11) is 1.61. The van der Waals surface area contributed by atoms with Crippen LogP contribution in [0.15, 0.2) is 28.8 Å². The Labute approximate surface area is 110 Å². The molecule has 1 fully saturated rings. The van der Waals surface area contributed by atoms with E-state index >= 15 is 0 Å². The Morgan fingerprint density at radius 1 is 1.42 bits per heavy atom. The van der Waals surface area contributed by atoms with Crippen molar-refractivity contribution in [1.29, 1.82) is 0 Å². The summed E-state index contributed by atoms with van der Waals surface area (Å²) in [4.78, 5) is 4.37. The number of nitrogens with one attached hydrogen (secondary N) is 1. The first-order valence-corrected chi connectivity index (χ1v) is 6.16. The number of benzene rings is 1. The van der Waals surface area contributed by atoms with Crippen LogP contribution in [0.3, 0.4) is 0 Å². The van der Waals surface area contributed by atoms with Crippen molar-refractivity contribution in [2.24, 2.45) is 0 Å². The second-order valence-corrected chi connectivity index (χ2v) is 4.51. The number of rotatable bonds is 3. The molecule has 0 bridgehead atoms.